The summed E-state index contributed by atoms with van der Waals surface area (Å²) >= 11 is 0. The molecule has 0 spiro atoms. The van der Waals surface area contributed by atoms with Gasteiger partial charge in [0, 0.05) is 0 Å². The van der Waals surface area contributed by atoms with Crippen LogP contribution in [-0.4, -0.2) is 26.6 Å². The molecule has 0 bridgehead atoms. The fourth-order valence-corrected chi connectivity index (χ4v) is 3.00. The maximum atomic E-state index is 12.0. The molecule has 0 heterocycles. The van der Waals surface area contributed by atoms with Crippen LogP contribution in [0.3, 0.4) is 0 Å². The Balaban J connectivity index is 4.71. The summed E-state index contributed by atoms with van der Waals surface area (Å²) < 4.78 is 27.2. The smallest absolute Gasteiger partial charge is 0.361 e. The van der Waals surface area contributed by atoms with Crippen molar-refractivity contribution < 1.29 is 23.1 Å². The van der Waals surface area contributed by atoms with E-state index < -0.39 is 15.9 Å². The number of hydrogen-bond acceptors (Lipinski definition) is 5. The van der Waals surface area contributed by atoms with Crippen molar-refractivity contribution in [2.24, 2.45) is 0 Å². The fourth-order valence-electron chi connectivity index (χ4n) is 0.947. The van der Waals surface area contributed by atoms with Crippen LogP contribution in [0.25, 0.3) is 0 Å². The summed E-state index contributed by atoms with van der Waals surface area (Å²) in [6.45, 7) is 9.61. The third-order valence-corrected chi connectivity index (χ3v) is 3.89. The zero-order valence-corrected chi connectivity index (χ0v) is 12.4. The highest BCUT2D eigenvalue weighted by molar-refractivity contribution is 7.57. The molecule has 96 valence electrons. The van der Waals surface area contributed by atoms with Crippen LogP contribution >= 0.6 is 7.60 Å². The molecule has 0 radical (unpaired) electrons. The Morgan fingerprint density at radius 3 is 2.00 bits per heavy atom. The van der Waals surface area contributed by atoms with E-state index in [0.29, 0.717) is 0 Å². The largest absolute Gasteiger partial charge is 0.520 e. The van der Waals surface area contributed by atoms with Gasteiger partial charge in [-0.25, -0.2) is 0 Å². The molecule has 1 N–H and O–H groups in total. The van der Waals surface area contributed by atoms with Crippen molar-refractivity contribution in [3.63, 3.8) is 0 Å². The number of rotatable bonds is 7. The summed E-state index contributed by atoms with van der Waals surface area (Å²) in [4.78, 5) is 0. The SMILES string of the molecule is CCOP(=O)(C=C(O)O[Si](C)(C)C)OCC. The number of hydrogen-bond donors (Lipinski definition) is 1. The lowest BCUT2D eigenvalue weighted by Crippen LogP contribution is -2.24. The van der Waals surface area contributed by atoms with Gasteiger partial charge in [0.2, 0.25) is 8.32 Å². The highest BCUT2D eigenvalue weighted by Crippen LogP contribution is 2.50. The van der Waals surface area contributed by atoms with Gasteiger partial charge in [-0.2, -0.15) is 0 Å². The highest BCUT2D eigenvalue weighted by Gasteiger charge is 2.25. The van der Waals surface area contributed by atoms with Gasteiger partial charge in [-0.1, -0.05) is 0 Å². The Hall–Kier alpha value is -0.293. The topological polar surface area (TPSA) is 65.0 Å². The van der Waals surface area contributed by atoms with Crippen LogP contribution in [0, 0.1) is 0 Å². The second-order valence-electron chi connectivity index (χ2n) is 4.06. The summed E-state index contributed by atoms with van der Waals surface area (Å²) in [5, 5.41) is 9.52. The molecule has 0 aliphatic carbocycles. The molecule has 0 aromatic carbocycles. The van der Waals surface area contributed by atoms with Crippen LogP contribution < -0.4 is 0 Å². The van der Waals surface area contributed by atoms with Gasteiger partial charge in [-0.05, 0) is 33.5 Å². The van der Waals surface area contributed by atoms with E-state index in [4.69, 9.17) is 13.5 Å². The van der Waals surface area contributed by atoms with E-state index in [9.17, 15) is 9.67 Å². The molecule has 0 saturated heterocycles. The number of aliphatic hydroxyl groups excluding tert-OH is 1. The van der Waals surface area contributed by atoms with Crippen molar-refractivity contribution in [1.82, 2.24) is 0 Å². The van der Waals surface area contributed by atoms with E-state index >= 15 is 0 Å². The molecule has 0 atom stereocenters. The molecule has 0 rings (SSSR count). The predicted octanol–water partition coefficient (Wildman–Crippen LogP) is 3.46. The third kappa shape index (κ3) is 7.06. The van der Waals surface area contributed by atoms with Crippen LogP contribution in [-0.2, 0) is 18.0 Å². The molecule has 0 saturated carbocycles. The Kier molecular flexibility index (Phi) is 6.33. The quantitative estimate of drug-likeness (QED) is 0.435. The molecular formula is C9H21O5PSi. The van der Waals surface area contributed by atoms with E-state index in [0.717, 1.165) is 5.82 Å². The molecular weight excluding hydrogens is 247 g/mol. The zero-order valence-electron chi connectivity index (χ0n) is 10.5. The van der Waals surface area contributed by atoms with Gasteiger partial charge in [0.1, 0.15) is 5.82 Å². The van der Waals surface area contributed by atoms with Gasteiger partial charge in [-0.3, -0.25) is 4.57 Å². The second kappa shape index (κ2) is 6.44. The summed E-state index contributed by atoms with van der Waals surface area (Å²) in [5.41, 5.74) is 0. The molecule has 0 aromatic rings. The minimum atomic E-state index is -3.38. The lowest BCUT2D eigenvalue weighted by atomic mass is 10.9. The average Bonchev–Trinajstić information content (AvgIpc) is 1.99. The molecule has 0 aromatic heterocycles. The maximum absolute atomic E-state index is 12.0. The van der Waals surface area contributed by atoms with E-state index in [-0.39, 0.29) is 19.2 Å². The van der Waals surface area contributed by atoms with Crippen molar-refractivity contribution in [3.8, 4) is 0 Å². The van der Waals surface area contributed by atoms with Crippen LogP contribution in [0.4, 0.5) is 0 Å². The first-order valence-corrected chi connectivity index (χ1v) is 10.2. The fraction of sp³-hybridized carbons (Fsp3) is 0.778. The second-order valence-corrected chi connectivity index (χ2v) is 10.3. The summed E-state index contributed by atoms with van der Waals surface area (Å²) in [5.74, 6) is 0.641. The maximum Gasteiger partial charge on any atom is 0.361 e. The van der Waals surface area contributed by atoms with Gasteiger partial charge in [0.25, 0.3) is 5.95 Å². The van der Waals surface area contributed by atoms with E-state index in [1.54, 1.807) is 13.8 Å². The van der Waals surface area contributed by atoms with Gasteiger partial charge < -0.3 is 18.6 Å². The summed E-state index contributed by atoms with van der Waals surface area (Å²) in [7, 11) is -5.29. The molecule has 0 aliphatic heterocycles. The monoisotopic (exact) mass is 268 g/mol. The Bertz CT molecular complexity index is 274. The van der Waals surface area contributed by atoms with E-state index in [1.807, 2.05) is 19.6 Å². The van der Waals surface area contributed by atoms with Gasteiger partial charge in [0.15, 0.2) is 0 Å². The summed E-state index contributed by atoms with van der Waals surface area (Å²) in [6, 6.07) is 0. The first-order chi connectivity index (χ1) is 7.22. The third-order valence-electron chi connectivity index (χ3n) is 1.30. The molecule has 0 aliphatic rings. The minimum absolute atomic E-state index is 0.244. The van der Waals surface area contributed by atoms with Crippen molar-refractivity contribution >= 4 is 15.9 Å². The Morgan fingerprint density at radius 1 is 1.25 bits per heavy atom. The molecule has 0 unspecified atom stereocenters. The van der Waals surface area contributed by atoms with Crippen LogP contribution in [0.1, 0.15) is 13.8 Å². The van der Waals surface area contributed by atoms with E-state index in [2.05, 4.69) is 0 Å². The van der Waals surface area contributed by atoms with Crippen molar-refractivity contribution in [2.75, 3.05) is 13.2 Å². The van der Waals surface area contributed by atoms with Crippen molar-refractivity contribution in [3.05, 3.63) is 11.8 Å². The van der Waals surface area contributed by atoms with Gasteiger partial charge >= 0.3 is 7.60 Å². The first-order valence-electron chi connectivity index (χ1n) is 5.22. The molecule has 0 amide bonds. The molecule has 16 heavy (non-hydrogen) atoms. The lowest BCUT2D eigenvalue weighted by molar-refractivity contribution is 0.196. The highest BCUT2D eigenvalue weighted by atomic mass is 31.2. The Labute approximate surface area is 98.1 Å². The van der Waals surface area contributed by atoms with Crippen molar-refractivity contribution in [1.29, 1.82) is 0 Å². The molecule has 5 nitrogen and oxygen atoms in total. The van der Waals surface area contributed by atoms with E-state index in [1.165, 1.54) is 0 Å². The van der Waals surface area contributed by atoms with Crippen LogP contribution in [0.2, 0.25) is 19.6 Å². The van der Waals surface area contributed by atoms with Gasteiger partial charge in [0.05, 0.1) is 13.2 Å². The normalized spacial score (nSPS) is 13.9. The summed E-state index contributed by atoms with van der Waals surface area (Å²) in [6.07, 6.45) is 0. The molecule has 7 heteroatoms. The van der Waals surface area contributed by atoms with Gasteiger partial charge in [-0.15, -0.1) is 0 Å². The van der Waals surface area contributed by atoms with Crippen molar-refractivity contribution in [2.45, 2.75) is 33.5 Å². The first kappa shape index (κ1) is 15.7. The standard InChI is InChI=1S/C9H21O5PSi/c1-6-12-15(11,13-7-2)8-9(10)14-16(3,4)5/h8,10H,6-7H2,1-5H3. The predicted molar refractivity (Wildman–Crippen MR) is 66.0 cm³/mol. The van der Waals surface area contributed by atoms with Crippen LogP contribution in [0.5, 0.6) is 0 Å². The van der Waals surface area contributed by atoms with Crippen LogP contribution in [0.15, 0.2) is 11.8 Å². The number of aliphatic hydroxyl groups is 1. The molecule has 0 fully saturated rings. The minimum Gasteiger partial charge on any atom is -0.520 e. The Morgan fingerprint density at radius 2 is 1.69 bits per heavy atom. The lowest BCUT2D eigenvalue weighted by Gasteiger charge is -2.19. The zero-order chi connectivity index (χ0) is 12.8. The average molecular weight is 268 g/mol.